The van der Waals surface area contributed by atoms with Crippen LogP contribution in [-0.4, -0.2) is 87.6 Å². The average Bonchev–Trinajstić information content (AvgIpc) is 3.08. The zero-order chi connectivity index (χ0) is 19.0. The summed E-state index contributed by atoms with van der Waals surface area (Å²) < 4.78 is 15.5. The van der Waals surface area contributed by atoms with E-state index in [1.54, 1.807) is 23.8 Å². The molecule has 1 atom stereocenters. The van der Waals surface area contributed by atoms with Crippen LogP contribution in [0.2, 0.25) is 0 Å². The summed E-state index contributed by atoms with van der Waals surface area (Å²) in [5, 5.41) is 2.92. The summed E-state index contributed by atoms with van der Waals surface area (Å²) in [6.07, 6.45) is 3.28. The van der Waals surface area contributed by atoms with Gasteiger partial charge in [0, 0.05) is 25.8 Å². The van der Waals surface area contributed by atoms with E-state index in [-0.39, 0.29) is 24.5 Å². The molecule has 0 saturated carbocycles. The van der Waals surface area contributed by atoms with E-state index in [1.165, 1.54) is 0 Å². The molecule has 1 heterocycles. The first-order valence-corrected chi connectivity index (χ1v) is 10.3. The highest BCUT2D eigenvalue weighted by molar-refractivity contribution is 7.99. The number of ether oxygens (including phenoxy) is 3. The fourth-order valence-electron chi connectivity index (χ4n) is 2.49. The van der Waals surface area contributed by atoms with Gasteiger partial charge < -0.3 is 30.2 Å². The van der Waals surface area contributed by atoms with Gasteiger partial charge in [-0.05, 0) is 19.4 Å². The largest absolute Gasteiger partial charge is 0.382 e. The molecule has 1 unspecified atom stereocenters. The summed E-state index contributed by atoms with van der Waals surface area (Å²) in [5.41, 5.74) is 5.44. The zero-order valence-corrected chi connectivity index (χ0v) is 16.6. The van der Waals surface area contributed by atoms with E-state index in [0.717, 1.165) is 25.0 Å². The first-order chi connectivity index (χ1) is 12.7. The summed E-state index contributed by atoms with van der Waals surface area (Å²) in [6.45, 7) is 3.22. The van der Waals surface area contributed by atoms with Crippen LogP contribution in [0.5, 0.6) is 0 Å². The van der Waals surface area contributed by atoms with Crippen molar-refractivity contribution in [3.05, 3.63) is 0 Å². The molecule has 152 valence electrons. The Labute approximate surface area is 160 Å². The van der Waals surface area contributed by atoms with Crippen LogP contribution in [0.25, 0.3) is 0 Å². The van der Waals surface area contributed by atoms with Crippen molar-refractivity contribution in [2.45, 2.75) is 31.7 Å². The van der Waals surface area contributed by atoms with E-state index in [2.05, 4.69) is 5.32 Å². The van der Waals surface area contributed by atoms with Crippen LogP contribution < -0.4 is 11.1 Å². The molecule has 1 aliphatic rings. The second-order valence-electron chi connectivity index (χ2n) is 6.08. The Balaban J connectivity index is 2.16. The lowest BCUT2D eigenvalue weighted by Gasteiger charge is -2.23. The molecule has 0 aliphatic carbocycles. The minimum absolute atomic E-state index is 0.00416. The molecule has 1 fully saturated rings. The minimum atomic E-state index is -0.0763. The minimum Gasteiger partial charge on any atom is -0.382 e. The molecule has 0 radical (unpaired) electrons. The van der Waals surface area contributed by atoms with Crippen molar-refractivity contribution >= 4 is 23.6 Å². The van der Waals surface area contributed by atoms with Gasteiger partial charge in [0.25, 0.3) is 0 Å². The van der Waals surface area contributed by atoms with Gasteiger partial charge in [0.2, 0.25) is 11.8 Å². The summed E-state index contributed by atoms with van der Waals surface area (Å²) in [6, 6.07) is -0.0573. The van der Waals surface area contributed by atoms with Crippen molar-refractivity contribution in [3.63, 3.8) is 0 Å². The first-order valence-electron chi connectivity index (χ1n) is 9.17. The van der Waals surface area contributed by atoms with Gasteiger partial charge in [-0.3, -0.25) is 9.59 Å². The number of unbranched alkanes of at least 4 members (excludes halogenated alkanes) is 2. The van der Waals surface area contributed by atoms with Gasteiger partial charge in [-0.1, -0.05) is 6.42 Å². The van der Waals surface area contributed by atoms with Gasteiger partial charge >= 0.3 is 0 Å². The third-order valence-corrected chi connectivity index (χ3v) is 5.04. The molecule has 1 rings (SSSR count). The zero-order valence-electron chi connectivity index (χ0n) is 15.7. The molecule has 26 heavy (non-hydrogen) atoms. The summed E-state index contributed by atoms with van der Waals surface area (Å²) in [5.74, 6) is 1.32. The van der Waals surface area contributed by atoms with Crippen LogP contribution in [0.3, 0.4) is 0 Å². The van der Waals surface area contributed by atoms with Crippen molar-refractivity contribution < 1.29 is 23.8 Å². The van der Waals surface area contributed by atoms with E-state index in [9.17, 15) is 9.59 Å². The van der Waals surface area contributed by atoms with Crippen LogP contribution in [0, 0.1) is 0 Å². The Kier molecular flexibility index (Phi) is 13.6. The average molecular weight is 392 g/mol. The molecule has 1 saturated heterocycles. The molecule has 0 aromatic heterocycles. The Morgan fingerprint density at radius 1 is 1.15 bits per heavy atom. The Morgan fingerprint density at radius 3 is 2.69 bits per heavy atom. The third kappa shape index (κ3) is 10.3. The SMILES string of the molecule is COCCOCCOCC(=O)N1CSCC1CC(=O)NCCCCCN. The van der Waals surface area contributed by atoms with Gasteiger partial charge in [0.15, 0.2) is 0 Å². The number of nitrogens with one attached hydrogen (secondary N) is 1. The second kappa shape index (κ2) is 15.2. The molecule has 2 amide bonds. The molecule has 0 bridgehead atoms. The Morgan fingerprint density at radius 2 is 1.92 bits per heavy atom. The maximum absolute atomic E-state index is 12.3. The highest BCUT2D eigenvalue weighted by Gasteiger charge is 2.30. The number of carbonyl (C=O) groups is 2. The van der Waals surface area contributed by atoms with Crippen LogP contribution in [-0.2, 0) is 23.8 Å². The van der Waals surface area contributed by atoms with E-state index in [1.807, 2.05) is 0 Å². The molecule has 0 aromatic carbocycles. The first kappa shape index (κ1) is 23.2. The van der Waals surface area contributed by atoms with E-state index < -0.39 is 0 Å². The number of hydrogen-bond donors (Lipinski definition) is 2. The van der Waals surface area contributed by atoms with E-state index in [0.29, 0.717) is 51.8 Å². The van der Waals surface area contributed by atoms with Crippen LogP contribution in [0.4, 0.5) is 0 Å². The second-order valence-corrected chi connectivity index (χ2v) is 7.08. The number of carbonyl (C=O) groups excluding carboxylic acids is 2. The van der Waals surface area contributed by atoms with Gasteiger partial charge in [0.1, 0.15) is 6.61 Å². The number of thioether (sulfide) groups is 1. The quantitative estimate of drug-likeness (QED) is 0.385. The smallest absolute Gasteiger partial charge is 0.249 e. The predicted octanol–water partition coefficient (Wildman–Crippen LogP) is 0.203. The lowest BCUT2D eigenvalue weighted by atomic mass is 10.2. The number of hydrogen-bond acceptors (Lipinski definition) is 7. The molecule has 0 spiro atoms. The summed E-state index contributed by atoms with van der Waals surface area (Å²) in [4.78, 5) is 26.1. The third-order valence-electron chi connectivity index (χ3n) is 3.96. The topological polar surface area (TPSA) is 103 Å². The van der Waals surface area contributed by atoms with Crippen LogP contribution in [0.15, 0.2) is 0 Å². The number of amides is 2. The molecular formula is C17H33N3O5S. The monoisotopic (exact) mass is 391 g/mol. The van der Waals surface area contributed by atoms with E-state index in [4.69, 9.17) is 19.9 Å². The molecule has 9 heteroatoms. The van der Waals surface area contributed by atoms with Gasteiger partial charge in [-0.15, -0.1) is 11.8 Å². The van der Waals surface area contributed by atoms with Gasteiger partial charge in [-0.25, -0.2) is 0 Å². The maximum atomic E-state index is 12.3. The van der Waals surface area contributed by atoms with E-state index >= 15 is 0 Å². The highest BCUT2D eigenvalue weighted by atomic mass is 32.2. The highest BCUT2D eigenvalue weighted by Crippen LogP contribution is 2.23. The molecule has 8 nitrogen and oxygen atoms in total. The lowest BCUT2D eigenvalue weighted by Crippen LogP contribution is -2.42. The standard InChI is InChI=1S/C17H33N3O5S/c1-23-7-8-24-9-10-25-12-17(22)20-14-26-13-15(20)11-16(21)19-6-4-2-3-5-18/h15H,2-14,18H2,1H3,(H,19,21). The number of methoxy groups -OCH3 is 1. The van der Waals surface area contributed by atoms with Gasteiger partial charge in [-0.2, -0.15) is 0 Å². The summed E-state index contributed by atoms with van der Waals surface area (Å²) >= 11 is 1.67. The van der Waals surface area contributed by atoms with Crippen LogP contribution >= 0.6 is 11.8 Å². The van der Waals surface area contributed by atoms with Gasteiger partial charge in [0.05, 0.1) is 38.3 Å². The number of rotatable bonds is 15. The summed E-state index contributed by atoms with van der Waals surface area (Å²) in [7, 11) is 1.62. The molecule has 3 N–H and O–H groups in total. The Bertz CT molecular complexity index is 401. The lowest BCUT2D eigenvalue weighted by molar-refractivity contribution is -0.137. The van der Waals surface area contributed by atoms with Crippen molar-refractivity contribution in [1.29, 1.82) is 0 Å². The van der Waals surface area contributed by atoms with Crippen molar-refractivity contribution in [2.24, 2.45) is 5.73 Å². The predicted molar refractivity (Wildman–Crippen MR) is 102 cm³/mol. The molecular weight excluding hydrogens is 358 g/mol. The van der Waals surface area contributed by atoms with Crippen molar-refractivity contribution in [1.82, 2.24) is 10.2 Å². The fraction of sp³-hybridized carbons (Fsp3) is 0.882. The van der Waals surface area contributed by atoms with Crippen LogP contribution in [0.1, 0.15) is 25.7 Å². The fourth-order valence-corrected chi connectivity index (χ4v) is 3.72. The van der Waals surface area contributed by atoms with Crippen molar-refractivity contribution in [2.75, 3.05) is 64.9 Å². The normalized spacial score (nSPS) is 16.8. The Hall–Kier alpha value is -0.870. The van der Waals surface area contributed by atoms with Crippen molar-refractivity contribution in [3.8, 4) is 0 Å². The number of nitrogens with two attached hydrogens (primary N) is 1. The number of nitrogens with zero attached hydrogens (tertiary/aromatic N) is 1. The maximum Gasteiger partial charge on any atom is 0.249 e. The molecule has 0 aromatic rings. The molecule has 1 aliphatic heterocycles.